The van der Waals surface area contributed by atoms with E-state index in [4.69, 9.17) is 0 Å². The minimum absolute atomic E-state index is 0. The third kappa shape index (κ3) is 4.59. The van der Waals surface area contributed by atoms with Gasteiger partial charge in [-0.15, -0.1) is 12.4 Å². The SMILES string of the molecule is CNC(C)CNS(=O)(=O)c1ccccc1F.Cl. The van der Waals surface area contributed by atoms with Crippen molar-refractivity contribution < 1.29 is 12.8 Å². The molecule has 1 unspecified atom stereocenters. The van der Waals surface area contributed by atoms with Crippen LogP contribution in [0.25, 0.3) is 0 Å². The molecule has 0 bridgehead atoms. The number of rotatable bonds is 5. The molecule has 0 saturated heterocycles. The quantitative estimate of drug-likeness (QED) is 0.851. The fraction of sp³-hybridized carbons (Fsp3) is 0.400. The molecule has 0 aliphatic rings. The van der Waals surface area contributed by atoms with E-state index in [-0.39, 0.29) is 29.9 Å². The average Bonchev–Trinajstić information content (AvgIpc) is 2.26. The van der Waals surface area contributed by atoms with Crippen molar-refractivity contribution in [3.8, 4) is 0 Å². The highest BCUT2D eigenvalue weighted by Gasteiger charge is 2.18. The Balaban J connectivity index is 0.00000256. The zero-order valence-electron chi connectivity index (χ0n) is 9.60. The van der Waals surface area contributed by atoms with Crippen LogP contribution in [0, 0.1) is 5.82 Å². The minimum Gasteiger partial charge on any atom is -0.316 e. The smallest absolute Gasteiger partial charge is 0.243 e. The van der Waals surface area contributed by atoms with Crippen molar-refractivity contribution in [2.45, 2.75) is 17.9 Å². The molecule has 7 heteroatoms. The summed E-state index contributed by atoms with van der Waals surface area (Å²) >= 11 is 0. The van der Waals surface area contributed by atoms with Crippen LogP contribution in [0.2, 0.25) is 0 Å². The average molecular weight is 283 g/mol. The molecule has 0 amide bonds. The first-order valence-electron chi connectivity index (χ1n) is 4.89. The van der Waals surface area contributed by atoms with Crippen LogP contribution >= 0.6 is 12.4 Å². The maximum atomic E-state index is 13.3. The number of sulfonamides is 1. The maximum Gasteiger partial charge on any atom is 0.243 e. The van der Waals surface area contributed by atoms with Crippen LogP contribution in [0.15, 0.2) is 29.2 Å². The molecule has 98 valence electrons. The largest absolute Gasteiger partial charge is 0.316 e. The van der Waals surface area contributed by atoms with Gasteiger partial charge in [0, 0.05) is 12.6 Å². The van der Waals surface area contributed by atoms with Crippen molar-refractivity contribution >= 4 is 22.4 Å². The molecular formula is C10H16ClFN2O2S. The van der Waals surface area contributed by atoms with E-state index in [2.05, 4.69) is 10.0 Å². The van der Waals surface area contributed by atoms with Crippen molar-refractivity contribution in [3.63, 3.8) is 0 Å². The van der Waals surface area contributed by atoms with E-state index in [0.717, 1.165) is 6.07 Å². The number of halogens is 2. The van der Waals surface area contributed by atoms with Gasteiger partial charge in [-0.05, 0) is 26.1 Å². The van der Waals surface area contributed by atoms with Crippen molar-refractivity contribution in [1.82, 2.24) is 10.0 Å². The van der Waals surface area contributed by atoms with Crippen LogP contribution in [0.1, 0.15) is 6.92 Å². The predicted molar refractivity (Wildman–Crippen MR) is 67.4 cm³/mol. The van der Waals surface area contributed by atoms with E-state index in [9.17, 15) is 12.8 Å². The van der Waals surface area contributed by atoms with Gasteiger partial charge in [0.1, 0.15) is 10.7 Å². The van der Waals surface area contributed by atoms with Crippen molar-refractivity contribution in [2.75, 3.05) is 13.6 Å². The molecule has 0 aliphatic carbocycles. The van der Waals surface area contributed by atoms with Gasteiger partial charge in [-0.1, -0.05) is 12.1 Å². The van der Waals surface area contributed by atoms with Crippen molar-refractivity contribution in [1.29, 1.82) is 0 Å². The Bertz CT molecular complexity index is 453. The summed E-state index contributed by atoms with van der Waals surface area (Å²) < 4.78 is 39.0. The lowest BCUT2D eigenvalue weighted by Crippen LogP contribution is -2.37. The zero-order chi connectivity index (χ0) is 12.2. The van der Waals surface area contributed by atoms with Gasteiger partial charge in [-0.25, -0.2) is 17.5 Å². The van der Waals surface area contributed by atoms with E-state index in [1.807, 2.05) is 6.92 Å². The summed E-state index contributed by atoms with van der Waals surface area (Å²) in [5.74, 6) is -0.743. The van der Waals surface area contributed by atoms with E-state index in [1.165, 1.54) is 18.2 Å². The Kier molecular flexibility index (Phi) is 6.62. The first-order chi connectivity index (χ1) is 7.47. The van der Waals surface area contributed by atoms with E-state index >= 15 is 0 Å². The second kappa shape index (κ2) is 6.90. The topological polar surface area (TPSA) is 58.2 Å². The van der Waals surface area contributed by atoms with Crippen LogP contribution in [0.3, 0.4) is 0 Å². The number of hydrogen-bond donors (Lipinski definition) is 2. The number of nitrogens with one attached hydrogen (secondary N) is 2. The fourth-order valence-corrected chi connectivity index (χ4v) is 2.28. The summed E-state index contributed by atoms with van der Waals surface area (Å²) in [6, 6.07) is 5.28. The van der Waals surface area contributed by atoms with Gasteiger partial charge in [-0.2, -0.15) is 0 Å². The van der Waals surface area contributed by atoms with E-state index < -0.39 is 15.8 Å². The third-order valence-corrected chi connectivity index (χ3v) is 3.66. The van der Waals surface area contributed by atoms with Gasteiger partial charge in [0.15, 0.2) is 0 Å². The molecule has 1 aromatic rings. The van der Waals surface area contributed by atoms with E-state index in [1.54, 1.807) is 7.05 Å². The fourth-order valence-electron chi connectivity index (χ4n) is 1.08. The summed E-state index contributed by atoms with van der Waals surface area (Å²) in [6.07, 6.45) is 0. The van der Waals surface area contributed by atoms with Crippen molar-refractivity contribution in [2.24, 2.45) is 0 Å². The van der Waals surface area contributed by atoms with Crippen LogP contribution in [-0.4, -0.2) is 28.1 Å². The highest BCUT2D eigenvalue weighted by molar-refractivity contribution is 7.89. The standard InChI is InChI=1S/C10H15FN2O2S.ClH/c1-8(12-2)7-13-16(14,15)10-6-4-3-5-9(10)11;/h3-6,8,12-13H,7H2,1-2H3;1H. The normalized spacial score (nSPS) is 12.9. The molecule has 0 radical (unpaired) electrons. The molecule has 4 nitrogen and oxygen atoms in total. The van der Waals surface area contributed by atoms with Gasteiger partial charge in [-0.3, -0.25) is 0 Å². The Morgan fingerprint density at radius 3 is 2.47 bits per heavy atom. The van der Waals surface area contributed by atoms with Gasteiger partial charge < -0.3 is 5.32 Å². The summed E-state index contributed by atoms with van der Waals surface area (Å²) in [5.41, 5.74) is 0. The highest BCUT2D eigenvalue weighted by Crippen LogP contribution is 2.12. The number of hydrogen-bond acceptors (Lipinski definition) is 3. The second-order valence-corrected chi connectivity index (χ2v) is 5.21. The molecule has 0 aromatic heterocycles. The Morgan fingerprint density at radius 1 is 1.35 bits per heavy atom. The first-order valence-corrected chi connectivity index (χ1v) is 6.37. The van der Waals surface area contributed by atoms with Gasteiger partial charge in [0.2, 0.25) is 10.0 Å². The van der Waals surface area contributed by atoms with Crippen LogP contribution in [-0.2, 0) is 10.0 Å². The highest BCUT2D eigenvalue weighted by atomic mass is 35.5. The Morgan fingerprint density at radius 2 is 1.94 bits per heavy atom. The van der Waals surface area contributed by atoms with Crippen LogP contribution in [0.4, 0.5) is 4.39 Å². The lowest BCUT2D eigenvalue weighted by Gasteiger charge is -2.12. The predicted octanol–water partition coefficient (Wildman–Crippen LogP) is 1.13. The van der Waals surface area contributed by atoms with Crippen LogP contribution < -0.4 is 10.0 Å². The molecule has 0 heterocycles. The molecule has 0 aliphatic heterocycles. The lowest BCUT2D eigenvalue weighted by atomic mass is 10.3. The summed E-state index contributed by atoms with van der Waals surface area (Å²) in [4.78, 5) is -0.321. The first kappa shape index (κ1) is 16.3. The molecule has 0 saturated carbocycles. The molecule has 17 heavy (non-hydrogen) atoms. The summed E-state index contributed by atoms with van der Waals surface area (Å²) in [7, 11) is -2.04. The molecule has 1 atom stereocenters. The molecule has 2 N–H and O–H groups in total. The van der Waals surface area contributed by atoms with Crippen LogP contribution in [0.5, 0.6) is 0 Å². The Labute approximate surface area is 107 Å². The number of benzene rings is 1. The lowest BCUT2D eigenvalue weighted by molar-refractivity contribution is 0.540. The molecular weight excluding hydrogens is 267 g/mol. The maximum absolute atomic E-state index is 13.3. The van der Waals surface area contributed by atoms with E-state index in [0.29, 0.717) is 0 Å². The molecule has 0 spiro atoms. The van der Waals surface area contributed by atoms with Gasteiger partial charge >= 0.3 is 0 Å². The summed E-state index contributed by atoms with van der Waals surface area (Å²) in [5, 5.41) is 2.88. The molecule has 1 rings (SSSR count). The zero-order valence-corrected chi connectivity index (χ0v) is 11.2. The van der Waals surface area contributed by atoms with Crippen molar-refractivity contribution in [3.05, 3.63) is 30.1 Å². The Hall–Kier alpha value is -0.690. The monoisotopic (exact) mass is 282 g/mol. The minimum atomic E-state index is -3.76. The van der Waals surface area contributed by atoms with Gasteiger partial charge in [0.25, 0.3) is 0 Å². The number of likely N-dealkylation sites (N-methyl/N-ethyl adjacent to an activating group) is 1. The molecule has 1 aromatic carbocycles. The third-order valence-electron chi connectivity index (χ3n) is 2.20. The van der Waals surface area contributed by atoms with Gasteiger partial charge in [0.05, 0.1) is 0 Å². The summed E-state index contributed by atoms with van der Waals surface area (Å²) in [6.45, 7) is 2.04. The second-order valence-electron chi connectivity index (χ2n) is 3.47. The molecule has 0 fully saturated rings.